The summed E-state index contributed by atoms with van der Waals surface area (Å²) in [6.45, 7) is 12.8. The molecule has 4 N–H and O–H groups in total. The fourth-order valence-corrected chi connectivity index (χ4v) is 3.54. The Labute approximate surface area is 212 Å². The van der Waals surface area contributed by atoms with Gasteiger partial charge in [0, 0.05) is 13.0 Å². The number of tetrazole rings is 1. The average molecular weight is 492 g/mol. The van der Waals surface area contributed by atoms with Crippen LogP contribution in [-0.4, -0.2) is 57.0 Å². The van der Waals surface area contributed by atoms with Gasteiger partial charge in [-0.25, -0.2) is 0 Å². The van der Waals surface area contributed by atoms with Crippen LogP contribution >= 0.6 is 0 Å². The van der Waals surface area contributed by atoms with Gasteiger partial charge in [0.1, 0.15) is 0 Å². The third-order valence-electron chi connectivity index (χ3n) is 6.19. The maximum atomic E-state index is 12.5. The topological polar surface area (TPSA) is 130 Å². The quantitative estimate of drug-likeness (QED) is 0.521. The number of nitrogens with one attached hydrogen (secondary N) is 2. The molecule has 1 saturated heterocycles. The summed E-state index contributed by atoms with van der Waals surface area (Å²) in [7, 11) is 1.69. The van der Waals surface area contributed by atoms with E-state index in [1.807, 2.05) is 37.8 Å². The molecule has 1 unspecified atom stereocenters. The second-order valence-electron chi connectivity index (χ2n) is 9.17. The van der Waals surface area contributed by atoms with Crippen molar-refractivity contribution in [3.05, 3.63) is 29.6 Å². The summed E-state index contributed by atoms with van der Waals surface area (Å²) in [6.07, 6.45) is 15.1. The van der Waals surface area contributed by atoms with Gasteiger partial charge >= 0.3 is 0 Å². The molecule has 2 aliphatic rings. The van der Waals surface area contributed by atoms with E-state index in [1.165, 1.54) is 37.7 Å². The number of hydrogen-bond donors (Lipinski definition) is 3. The number of allylic oxidation sites excluding steroid dienone is 4. The van der Waals surface area contributed by atoms with Crippen molar-refractivity contribution in [3.8, 4) is 0 Å². The molecule has 35 heavy (non-hydrogen) atoms. The number of hydrogen-bond acceptors (Lipinski definition) is 6. The van der Waals surface area contributed by atoms with E-state index in [0.717, 1.165) is 19.4 Å². The first-order valence-electron chi connectivity index (χ1n) is 12.9. The van der Waals surface area contributed by atoms with Gasteiger partial charge in [-0.2, -0.15) is 5.21 Å². The molecule has 1 aliphatic carbocycles. The number of likely N-dealkylation sites (N-methyl/N-ethyl adjacent to an activating group) is 1. The highest BCUT2D eigenvalue weighted by Crippen LogP contribution is 2.32. The molecule has 3 rings (SSSR count). The Morgan fingerprint density at radius 2 is 1.71 bits per heavy atom. The highest BCUT2D eigenvalue weighted by Gasteiger charge is 2.33. The number of aromatic amines is 1. The van der Waals surface area contributed by atoms with Gasteiger partial charge in [-0.15, -0.1) is 10.2 Å². The second kappa shape index (κ2) is 19.7. The van der Waals surface area contributed by atoms with E-state index in [4.69, 9.17) is 5.73 Å². The zero-order valence-corrected chi connectivity index (χ0v) is 23.0. The summed E-state index contributed by atoms with van der Waals surface area (Å²) in [5.74, 6) is 1.21. The summed E-state index contributed by atoms with van der Waals surface area (Å²) in [6, 6.07) is -0.171. The van der Waals surface area contributed by atoms with Gasteiger partial charge in [-0.1, -0.05) is 48.3 Å². The van der Waals surface area contributed by atoms with Crippen molar-refractivity contribution in [2.45, 2.75) is 105 Å². The fraction of sp³-hybridized carbons (Fsp3) is 0.731. The first-order chi connectivity index (χ1) is 16.7. The maximum Gasteiger partial charge on any atom is 0.234 e. The van der Waals surface area contributed by atoms with Crippen LogP contribution in [0.1, 0.15) is 105 Å². The third kappa shape index (κ3) is 14.4. The van der Waals surface area contributed by atoms with Crippen molar-refractivity contribution >= 4 is 11.8 Å². The molecule has 200 valence electrons. The Morgan fingerprint density at radius 3 is 2.11 bits per heavy atom. The van der Waals surface area contributed by atoms with Crippen LogP contribution in [0, 0.1) is 5.92 Å². The summed E-state index contributed by atoms with van der Waals surface area (Å²) in [5.41, 5.74) is 6.22. The van der Waals surface area contributed by atoms with Gasteiger partial charge < -0.3 is 16.0 Å². The minimum atomic E-state index is -0.317. The van der Waals surface area contributed by atoms with Crippen molar-refractivity contribution in [3.63, 3.8) is 0 Å². The van der Waals surface area contributed by atoms with E-state index < -0.39 is 0 Å². The second-order valence-corrected chi connectivity index (χ2v) is 9.17. The lowest BCUT2D eigenvalue weighted by molar-refractivity contribution is -0.133. The molecule has 2 atom stereocenters. The van der Waals surface area contributed by atoms with E-state index in [9.17, 15) is 9.59 Å². The molecule has 2 heterocycles. The standard InChI is InChI=1S/C13H21N5O.C5H10.C4H10N2O.C4H8/c19-12(9-10-5-2-1-3-6-10)18-8-4-7-11(18)13-14-16-17-15-13;1-4-5(2)3;1-3(6-2)4(5)7;1-3-4-2/h10-11H,1-9H2,(H,14,15,16,17);4H,1-3H3;3,6H,1-2H3,(H2,5,7);3-4H,1-2H3/b;;;4-3-/t11-;;;/m0.../s1. The van der Waals surface area contributed by atoms with Crippen LogP contribution in [0.3, 0.4) is 0 Å². The molecule has 1 aliphatic heterocycles. The summed E-state index contributed by atoms with van der Waals surface area (Å²) < 4.78 is 0. The monoisotopic (exact) mass is 491 g/mol. The van der Waals surface area contributed by atoms with Crippen LogP contribution in [0.25, 0.3) is 0 Å². The van der Waals surface area contributed by atoms with Crippen LogP contribution in [-0.2, 0) is 9.59 Å². The van der Waals surface area contributed by atoms with Gasteiger partial charge in [0.15, 0.2) is 5.82 Å². The normalized spacial score (nSPS) is 18.3. The Bertz CT molecular complexity index is 733. The van der Waals surface area contributed by atoms with Crippen molar-refractivity contribution in [2.24, 2.45) is 11.7 Å². The fourth-order valence-electron chi connectivity index (χ4n) is 3.54. The minimum absolute atomic E-state index is 0.0369. The molecule has 9 heteroatoms. The van der Waals surface area contributed by atoms with Crippen molar-refractivity contribution in [1.82, 2.24) is 30.8 Å². The predicted molar refractivity (Wildman–Crippen MR) is 142 cm³/mol. The van der Waals surface area contributed by atoms with E-state index in [1.54, 1.807) is 14.0 Å². The van der Waals surface area contributed by atoms with E-state index >= 15 is 0 Å². The van der Waals surface area contributed by atoms with Crippen LogP contribution in [0.5, 0.6) is 0 Å². The lowest BCUT2D eigenvalue weighted by atomic mass is 9.86. The van der Waals surface area contributed by atoms with Crippen LogP contribution in [0.4, 0.5) is 0 Å². The predicted octanol–water partition coefficient (Wildman–Crippen LogP) is 4.47. The smallest absolute Gasteiger partial charge is 0.234 e. The number of H-pyrrole nitrogens is 1. The highest BCUT2D eigenvalue weighted by atomic mass is 16.2. The average Bonchev–Trinajstić information content (AvgIpc) is 3.57. The molecule has 0 aromatic carbocycles. The lowest BCUT2D eigenvalue weighted by Crippen LogP contribution is -2.36. The zero-order valence-electron chi connectivity index (χ0n) is 23.0. The first-order valence-corrected chi connectivity index (χ1v) is 12.9. The molecule has 0 radical (unpaired) electrons. The molecule has 0 bridgehead atoms. The van der Waals surface area contributed by atoms with Gasteiger partial charge in [0.2, 0.25) is 11.8 Å². The molecule has 0 spiro atoms. The lowest BCUT2D eigenvalue weighted by Gasteiger charge is -2.26. The molecule has 1 aromatic rings. The highest BCUT2D eigenvalue weighted by molar-refractivity contribution is 5.79. The van der Waals surface area contributed by atoms with Crippen LogP contribution in [0.15, 0.2) is 23.8 Å². The number of nitrogens with zero attached hydrogens (tertiary/aromatic N) is 4. The number of rotatable bonds is 5. The van der Waals surface area contributed by atoms with E-state index in [2.05, 4.69) is 45.9 Å². The van der Waals surface area contributed by atoms with Crippen molar-refractivity contribution < 1.29 is 9.59 Å². The minimum Gasteiger partial charge on any atom is -0.368 e. The summed E-state index contributed by atoms with van der Waals surface area (Å²) in [4.78, 5) is 24.5. The van der Waals surface area contributed by atoms with Gasteiger partial charge in [0.05, 0.1) is 12.1 Å². The Kier molecular flexibility index (Phi) is 18.3. The molecule has 2 fully saturated rings. The Hall–Kier alpha value is -2.55. The number of nitrogens with two attached hydrogens (primary N) is 1. The molecule has 2 amide bonds. The number of aromatic nitrogens is 4. The van der Waals surface area contributed by atoms with Gasteiger partial charge in [-0.3, -0.25) is 9.59 Å². The Balaban J connectivity index is 0.000000597. The SMILES string of the molecule is C/C=C\C.CC=C(C)C.CNC(C)C(N)=O.O=C(CC1CCCCC1)N1CCC[C@H]1c1nn[nH]n1. The van der Waals surface area contributed by atoms with Gasteiger partial charge in [-0.05, 0) is 80.2 Å². The van der Waals surface area contributed by atoms with Crippen molar-refractivity contribution in [1.29, 1.82) is 0 Å². The number of carbonyl (C=O) groups excluding carboxylic acids is 2. The van der Waals surface area contributed by atoms with E-state index in [0.29, 0.717) is 18.2 Å². The van der Waals surface area contributed by atoms with Gasteiger partial charge in [0.25, 0.3) is 0 Å². The molecule has 9 nitrogen and oxygen atoms in total. The summed E-state index contributed by atoms with van der Waals surface area (Å²) in [5, 5.41) is 16.8. The van der Waals surface area contributed by atoms with E-state index in [-0.39, 0.29) is 23.9 Å². The number of primary amides is 1. The largest absolute Gasteiger partial charge is 0.368 e. The summed E-state index contributed by atoms with van der Waals surface area (Å²) >= 11 is 0. The first kappa shape index (κ1) is 32.5. The zero-order chi connectivity index (χ0) is 26.6. The Morgan fingerprint density at radius 1 is 1.11 bits per heavy atom. The molecule has 1 saturated carbocycles. The molecule has 1 aromatic heterocycles. The van der Waals surface area contributed by atoms with Crippen LogP contribution < -0.4 is 11.1 Å². The molecular weight excluding hydrogens is 442 g/mol. The maximum absolute atomic E-state index is 12.5. The number of likely N-dealkylation sites (tertiary alicyclic amines) is 1. The van der Waals surface area contributed by atoms with Crippen molar-refractivity contribution in [2.75, 3.05) is 13.6 Å². The molecular formula is C26H49N7O2. The van der Waals surface area contributed by atoms with Crippen LogP contribution in [0.2, 0.25) is 0 Å². The third-order valence-corrected chi connectivity index (χ3v) is 6.19. The number of carbonyl (C=O) groups is 2. The number of amides is 2.